The van der Waals surface area contributed by atoms with Gasteiger partial charge >= 0.3 is 5.92 Å². The van der Waals surface area contributed by atoms with E-state index in [9.17, 15) is 8.78 Å². The van der Waals surface area contributed by atoms with E-state index in [1.165, 1.54) is 17.9 Å². The SMILES string of the molecule is CCC(F)(F)c1n[nH]c(=S)n1C1CCCCC1. The Kier molecular flexibility index (Phi) is 3.61. The number of nitrogens with one attached hydrogen (secondary N) is 1. The van der Waals surface area contributed by atoms with Gasteiger partial charge in [-0.25, -0.2) is 0 Å². The molecule has 0 amide bonds. The van der Waals surface area contributed by atoms with Crippen LogP contribution in [-0.2, 0) is 5.92 Å². The minimum absolute atomic E-state index is 0.0856. The van der Waals surface area contributed by atoms with Crippen LogP contribution in [0, 0.1) is 4.77 Å². The number of hydrogen-bond donors (Lipinski definition) is 1. The lowest BCUT2D eigenvalue weighted by atomic mass is 9.95. The summed E-state index contributed by atoms with van der Waals surface area (Å²) in [5, 5.41) is 6.24. The van der Waals surface area contributed by atoms with Crippen LogP contribution >= 0.6 is 12.2 Å². The number of hydrogen-bond acceptors (Lipinski definition) is 2. The van der Waals surface area contributed by atoms with Crippen molar-refractivity contribution in [3.05, 3.63) is 10.6 Å². The first-order chi connectivity index (χ1) is 8.06. The second-order valence-electron chi connectivity index (χ2n) is 4.57. The Bertz CT molecular complexity index is 432. The van der Waals surface area contributed by atoms with Crippen molar-refractivity contribution in [3.8, 4) is 0 Å². The highest BCUT2D eigenvalue weighted by molar-refractivity contribution is 7.71. The van der Waals surface area contributed by atoms with Crippen LogP contribution in [0.5, 0.6) is 0 Å². The van der Waals surface area contributed by atoms with Crippen LogP contribution in [0.25, 0.3) is 0 Å². The lowest BCUT2D eigenvalue weighted by Gasteiger charge is -2.25. The molecule has 1 aromatic heterocycles. The van der Waals surface area contributed by atoms with E-state index in [2.05, 4.69) is 10.2 Å². The lowest BCUT2D eigenvalue weighted by molar-refractivity contribution is -0.0232. The second-order valence-corrected chi connectivity index (χ2v) is 4.96. The van der Waals surface area contributed by atoms with Crippen LogP contribution in [0.1, 0.15) is 57.3 Å². The minimum Gasteiger partial charge on any atom is -0.296 e. The standard InChI is InChI=1S/C11H17F2N3S/c1-2-11(12,13)9-14-15-10(17)16(9)8-6-4-3-5-7-8/h8H,2-7H2,1H3,(H,15,17). The molecule has 0 aliphatic heterocycles. The number of nitrogens with zero attached hydrogens (tertiary/aromatic N) is 2. The zero-order chi connectivity index (χ0) is 12.5. The highest BCUT2D eigenvalue weighted by Gasteiger charge is 2.37. The van der Waals surface area contributed by atoms with Crippen molar-refractivity contribution in [1.29, 1.82) is 0 Å². The molecule has 1 N–H and O–H groups in total. The van der Waals surface area contributed by atoms with Gasteiger partial charge in [0.2, 0.25) is 5.82 Å². The Morgan fingerprint density at radius 3 is 2.65 bits per heavy atom. The molecular weight excluding hydrogens is 244 g/mol. The summed E-state index contributed by atoms with van der Waals surface area (Å²) >= 11 is 5.08. The molecule has 1 aliphatic carbocycles. The predicted molar refractivity (Wildman–Crippen MR) is 63.7 cm³/mol. The first kappa shape index (κ1) is 12.7. The van der Waals surface area contributed by atoms with Crippen LogP contribution in [0.4, 0.5) is 8.78 Å². The van der Waals surface area contributed by atoms with Gasteiger partial charge in [-0.1, -0.05) is 26.2 Å². The van der Waals surface area contributed by atoms with Gasteiger partial charge in [0.1, 0.15) is 0 Å². The van der Waals surface area contributed by atoms with Gasteiger partial charge in [0.25, 0.3) is 0 Å². The Morgan fingerprint density at radius 2 is 2.06 bits per heavy atom. The highest BCUT2D eigenvalue weighted by Crippen LogP contribution is 2.35. The van der Waals surface area contributed by atoms with Crippen LogP contribution in [0.2, 0.25) is 0 Å². The minimum atomic E-state index is -2.90. The molecule has 0 radical (unpaired) electrons. The molecule has 0 bridgehead atoms. The Balaban J connectivity index is 2.38. The quantitative estimate of drug-likeness (QED) is 0.836. The summed E-state index contributed by atoms with van der Waals surface area (Å²) in [5.74, 6) is -3.10. The third-order valence-corrected chi connectivity index (χ3v) is 3.70. The summed E-state index contributed by atoms with van der Waals surface area (Å²) in [6.07, 6.45) is 4.92. The number of rotatable bonds is 3. The van der Waals surface area contributed by atoms with Gasteiger partial charge in [0, 0.05) is 12.5 Å². The molecule has 17 heavy (non-hydrogen) atoms. The van der Waals surface area contributed by atoms with Gasteiger partial charge in [-0.15, -0.1) is 0 Å². The smallest absolute Gasteiger partial charge is 0.296 e. The third-order valence-electron chi connectivity index (χ3n) is 3.42. The molecule has 3 nitrogen and oxygen atoms in total. The van der Waals surface area contributed by atoms with Gasteiger partial charge in [0.05, 0.1) is 0 Å². The van der Waals surface area contributed by atoms with Crippen molar-refractivity contribution in [2.45, 2.75) is 57.4 Å². The van der Waals surface area contributed by atoms with Gasteiger partial charge in [-0.2, -0.15) is 13.9 Å². The normalized spacial score (nSPS) is 18.5. The van der Waals surface area contributed by atoms with Crippen molar-refractivity contribution in [2.24, 2.45) is 0 Å². The zero-order valence-corrected chi connectivity index (χ0v) is 10.7. The van der Waals surface area contributed by atoms with E-state index in [0.717, 1.165) is 25.7 Å². The van der Waals surface area contributed by atoms with E-state index in [0.29, 0.717) is 4.77 Å². The van der Waals surface area contributed by atoms with E-state index in [1.807, 2.05) is 0 Å². The van der Waals surface area contributed by atoms with Crippen molar-refractivity contribution >= 4 is 12.2 Å². The van der Waals surface area contributed by atoms with E-state index in [1.54, 1.807) is 0 Å². The highest BCUT2D eigenvalue weighted by atomic mass is 32.1. The van der Waals surface area contributed by atoms with Crippen molar-refractivity contribution < 1.29 is 8.78 Å². The molecule has 0 atom stereocenters. The summed E-state index contributed by atoms with van der Waals surface area (Å²) in [5.41, 5.74) is 0. The number of aromatic nitrogens is 3. The van der Waals surface area contributed by atoms with Crippen LogP contribution in [0.15, 0.2) is 0 Å². The summed E-state index contributed by atoms with van der Waals surface area (Å²) in [6, 6.07) is 0.0856. The number of H-pyrrole nitrogens is 1. The largest absolute Gasteiger partial charge is 0.306 e. The zero-order valence-electron chi connectivity index (χ0n) is 9.88. The number of alkyl halides is 2. The molecular formula is C11H17F2N3S. The van der Waals surface area contributed by atoms with Crippen molar-refractivity contribution in [3.63, 3.8) is 0 Å². The molecule has 0 spiro atoms. The first-order valence-corrected chi connectivity index (χ1v) is 6.52. The molecule has 0 unspecified atom stereocenters. The number of aromatic amines is 1. The summed E-state index contributed by atoms with van der Waals surface area (Å²) in [7, 11) is 0. The fourth-order valence-electron chi connectivity index (χ4n) is 2.40. The Morgan fingerprint density at radius 1 is 1.41 bits per heavy atom. The monoisotopic (exact) mass is 261 g/mol. The molecule has 0 aromatic carbocycles. The molecule has 1 aliphatic rings. The van der Waals surface area contributed by atoms with Crippen LogP contribution < -0.4 is 0 Å². The fraction of sp³-hybridized carbons (Fsp3) is 0.818. The Hall–Kier alpha value is -0.780. The topological polar surface area (TPSA) is 33.6 Å². The maximum Gasteiger partial charge on any atom is 0.306 e. The second kappa shape index (κ2) is 4.84. The number of halogens is 2. The predicted octanol–water partition coefficient (Wildman–Crippen LogP) is 3.95. The maximum absolute atomic E-state index is 13.8. The van der Waals surface area contributed by atoms with Crippen LogP contribution in [0.3, 0.4) is 0 Å². The summed E-state index contributed by atoms with van der Waals surface area (Å²) in [4.78, 5) is 0. The van der Waals surface area contributed by atoms with E-state index < -0.39 is 5.92 Å². The summed E-state index contributed by atoms with van der Waals surface area (Å²) < 4.78 is 29.4. The summed E-state index contributed by atoms with van der Waals surface area (Å²) in [6.45, 7) is 1.46. The van der Waals surface area contributed by atoms with Gasteiger partial charge in [-0.3, -0.25) is 9.67 Å². The maximum atomic E-state index is 13.8. The van der Waals surface area contributed by atoms with E-state index >= 15 is 0 Å². The van der Waals surface area contributed by atoms with Crippen LogP contribution in [-0.4, -0.2) is 14.8 Å². The average molecular weight is 261 g/mol. The fourth-order valence-corrected chi connectivity index (χ4v) is 2.68. The van der Waals surface area contributed by atoms with Crippen molar-refractivity contribution in [2.75, 3.05) is 0 Å². The third kappa shape index (κ3) is 2.41. The molecule has 1 heterocycles. The molecule has 1 fully saturated rings. The van der Waals surface area contributed by atoms with Gasteiger partial charge in [0.15, 0.2) is 4.77 Å². The van der Waals surface area contributed by atoms with Gasteiger partial charge < -0.3 is 0 Å². The molecule has 96 valence electrons. The molecule has 6 heteroatoms. The molecule has 0 saturated heterocycles. The van der Waals surface area contributed by atoms with Gasteiger partial charge in [-0.05, 0) is 25.1 Å². The van der Waals surface area contributed by atoms with Crippen molar-refractivity contribution in [1.82, 2.24) is 14.8 Å². The van der Waals surface area contributed by atoms with E-state index in [-0.39, 0.29) is 18.3 Å². The lowest BCUT2D eigenvalue weighted by Crippen LogP contribution is -2.23. The Labute approximate surface area is 104 Å². The molecule has 2 rings (SSSR count). The first-order valence-electron chi connectivity index (χ1n) is 6.11. The van der Waals surface area contributed by atoms with E-state index in [4.69, 9.17) is 12.2 Å². The molecule has 1 aromatic rings. The average Bonchev–Trinajstić information content (AvgIpc) is 2.73. The molecule has 1 saturated carbocycles.